The van der Waals surface area contributed by atoms with Crippen LogP contribution in [0, 0.1) is 0 Å². The highest BCUT2D eigenvalue weighted by atomic mass is 35.5. The van der Waals surface area contributed by atoms with Gasteiger partial charge in [0.1, 0.15) is 17.8 Å². The maximum Gasteiger partial charge on any atom is 0.305 e. The zero-order valence-electron chi connectivity index (χ0n) is 28.4. The van der Waals surface area contributed by atoms with E-state index < -0.39 is 29.9 Å². The molecule has 0 unspecified atom stereocenters. The van der Waals surface area contributed by atoms with Crippen molar-refractivity contribution >= 4 is 53.8 Å². The van der Waals surface area contributed by atoms with Gasteiger partial charge in [-0.1, -0.05) is 55.8 Å². The SMILES string of the molecule is CCN[C@@H](Cc1ccc(O)cc1)C(=O)N[C@H](CCSC)C(=O)NCC(=O)N[C@@H](Cc1ccccc1)C(=O)NCCCCCC(=O)OC.Cl.O. The van der Waals surface area contributed by atoms with Crippen LogP contribution in [0.1, 0.15) is 50.2 Å². The molecule has 0 saturated carbocycles. The molecule has 0 aromatic heterocycles. The lowest BCUT2D eigenvalue weighted by Gasteiger charge is -2.23. The second kappa shape index (κ2) is 26.1. The number of likely N-dealkylation sites (N-methyl/N-ethyl adjacent to an activating group) is 1. The van der Waals surface area contributed by atoms with Gasteiger partial charge >= 0.3 is 5.97 Å². The number of carbonyl (C=O) groups excluding carboxylic acids is 5. The number of unbranched alkanes of at least 4 members (excludes halogenated alkanes) is 2. The number of aromatic hydroxyl groups is 1. The summed E-state index contributed by atoms with van der Waals surface area (Å²) in [4.78, 5) is 63.8. The van der Waals surface area contributed by atoms with Gasteiger partial charge in [-0.3, -0.25) is 24.0 Å². The molecule has 0 spiro atoms. The van der Waals surface area contributed by atoms with E-state index in [1.54, 1.807) is 24.3 Å². The number of hydrogen-bond acceptors (Lipinski definition) is 9. The van der Waals surface area contributed by atoms with Crippen molar-refractivity contribution in [1.29, 1.82) is 0 Å². The van der Waals surface area contributed by atoms with E-state index in [0.717, 1.165) is 17.5 Å². The number of benzene rings is 2. The van der Waals surface area contributed by atoms with E-state index in [1.165, 1.54) is 18.9 Å². The van der Waals surface area contributed by atoms with Gasteiger partial charge in [0, 0.05) is 19.4 Å². The number of phenolic OH excluding ortho intramolecular Hbond substituents is 1. The Morgan fingerprint density at radius 2 is 1.43 bits per heavy atom. The Hall–Kier alpha value is -3.85. The molecule has 0 saturated heterocycles. The number of hydrogen-bond donors (Lipinski definition) is 6. The molecule has 0 heterocycles. The average Bonchev–Trinajstić information content (AvgIpc) is 3.07. The van der Waals surface area contributed by atoms with Crippen LogP contribution in [0.5, 0.6) is 5.75 Å². The van der Waals surface area contributed by atoms with Crippen molar-refractivity contribution in [3.63, 3.8) is 0 Å². The summed E-state index contributed by atoms with van der Waals surface area (Å²) in [5.41, 5.74) is 1.70. The van der Waals surface area contributed by atoms with Crippen LogP contribution in [0.4, 0.5) is 0 Å². The Morgan fingerprint density at radius 3 is 2.06 bits per heavy atom. The molecule has 0 fully saturated rings. The number of nitrogens with one attached hydrogen (secondary N) is 5. The molecule has 4 amide bonds. The number of amides is 4. The topological polar surface area (TPSA) is 206 Å². The van der Waals surface area contributed by atoms with Crippen molar-refractivity contribution in [3.8, 4) is 5.75 Å². The Balaban J connectivity index is 0.0000115. The van der Waals surface area contributed by atoms with Crippen LogP contribution in [0.2, 0.25) is 0 Å². The molecule has 2 aromatic rings. The van der Waals surface area contributed by atoms with E-state index >= 15 is 0 Å². The highest BCUT2D eigenvalue weighted by molar-refractivity contribution is 7.98. The number of methoxy groups -OCH3 is 1. The van der Waals surface area contributed by atoms with Crippen molar-refractivity contribution in [2.45, 2.75) is 70.0 Å². The number of halogens is 1. The summed E-state index contributed by atoms with van der Waals surface area (Å²) in [6.07, 6.45) is 5.24. The molecule has 3 atom stereocenters. The third kappa shape index (κ3) is 18.5. The Kier molecular flexibility index (Phi) is 24.0. The standard InChI is InChI=1S/C34H49N5O7S.ClH.H2O/c1-4-35-28(21-25-14-16-26(40)17-15-25)34(45)39-27(18-20-47-3)32(43)37-23-30(41)38-29(22-24-11-7-5-8-12-24)33(44)36-19-10-6-9-13-31(42)46-2;;/h5,7-8,11-12,14-17,27-29,35,40H,4,6,9-10,13,18-23H2,1-3H3,(H,36,44)(H,37,43)(H,38,41)(H,39,45);1H;1H2/t27-,28+,29+;;/m1../s1. The number of phenols is 1. The van der Waals surface area contributed by atoms with Gasteiger partial charge in [-0.25, -0.2) is 0 Å². The van der Waals surface area contributed by atoms with Gasteiger partial charge in [0.15, 0.2) is 0 Å². The van der Waals surface area contributed by atoms with Gasteiger partial charge < -0.3 is 41.9 Å². The lowest BCUT2D eigenvalue weighted by atomic mass is 10.0. The van der Waals surface area contributed by atoms with Crippen LogP contribution in [-0.2, 0) is 41.6 Å². The fourth-order valence-electron chi connectivity index (χ4n) is 4.75. The van der Waals surface area contributed by atoms with Crippen molar-refractivity contribution < 1.29 is 39.3 Å². The summed E-state index contributed by atoms with van der Waals surface area (Å²) >= 11 is 1.53. The lowest BCUT2D eigenvalue weighted by molar-refractivity contribution is -0.140. The smallest absolute Gasteiger partial charge is 0.305 e. The van der Waals surface area contributed by atoms with Gasteiger partial charge in [0.2, 0.25) is 23.6 Å². The molecule has 274 valence electrons. The molecule has 49 heavy (non-hydrogen) atoms. The number of rotatable bonds is 22. The number of esters is 1. The van der Waals surface area contributed by atoms with Crippen molar-refractivity contribution in [2.75, 3.05) is 38.8 Å². The van der Waals surface area contributed by atoms with Crippen molar-refractivity contribution in [1.82, 2.24) is 26.6 Å². The van der Waals surface area contributed by atoms with Crippen LogP contribution in [0.3, 0.4) is 0 Å². The largest absolute Gasteiger partial charge is 0.508 e. The quantitative estimate of drug-likeness (QED) is 0.0766. The summed E-state index contributed by atoms with van der Waals surface area (Å²) < 4.78 is 4.64. The first-order valence-electron chi connectivity index (χ1n) is 15.9. The highest BCUT2D eigenvalue weighted by Crippen LogP contribution is 2.12. The average molecular weight is 726 g/mol. The fraction of sp³-hybridized carbons (Fsp3) is 0.500. The number of thioether (sulfide) groups is 1. The van der Waals surface area contributed by atoms with Crippen LogP contribution < -0.4 is 26.6 Å². The summed E-state index contributed by atoms with van der Waals surface area (Å²) in [6, 6.07) is 13.5. The Labute approximate surface area is 299 Å². The first-order valence-corrected chi connectivity index (χ1v) is 17.3. The predicted molar refractivity (Wildman–Crippen MR) is 194 cm³/mol. The Bertz CT molecular complexity index is 1270. The summed E-state index contributed by atoms with van der Waals surface area (Å²) in [7, 11) is 1.35. The van der Waals surface area contributed by atoms with E-state index in [2.05, 4.69) is 31.3 Å². The maximum absolute atomic E-state index is 13.2. The molecule has 0 aliphatic carbocycles. The first kappa shape index (κ1) is 45.2. The predicted octanol–water partition coefficient (Wildman–Crippen LogP) is 1.44. The zero-order chi connectivity index (χ0) is 34.4. The normalized spacial score (nSPS) is 12.1. The Morgan fingerprint density at radius 1 is 0.796 bits per heavy atom. The minimum Gasteiger partial charge on any atom is -0.508 e. The van der Waals surface area contributed by atoms with Gasteiger partial charge in [-0.15, -0.1) is 12.4 Å². The molecule has 2 aromatic carbocycles. The maximum atomic E-state index is 13.2. The first-order chi connectivity index (χ1) is 22.7. The second-order valence-corrected chi connectivity index (χ2v) is 12.0. The molecule has 15 heteroatoms. The highest BCUT2D eigenvalue weighted by Gasteiger charge is 2.26. The van der Waals surface area contributed by atoms with Crippen LogP contribution in [-0.4, -0.2) is 97.1 Å². The van der Waals surface area contributed by atoms with E-state index in [4.69, 9.17) is 0 Å². The van der Waals surface area contributed by atoms with E-state index in [9.17, 15) is 29.1 Å². The fourth-order valence-corrected chi connectivity index (χ4v) is 5.22. The molecule has 0 aliphatic heterocycles. The van der Waals surface area contributed by atoms with Crippen LogP contribution >= 0.6 is 24.2 Å². The molecule has 0 radical (unpaired) electrons. The minimum absolute atomic E-state index is 0. The molecule has 2 rings (SSSR count). The minimum atomic E-state index is -0.871. The third-order valence-corrected chi connectivity index (χ3v) is 7.97. The number of carbonyl (C=O) groups is 5. The molecular weight excluding hydrogens is 674 g/mol. The zero-order valence-corrected chi connectivity index (χ0v) is 30.1. The molecule has 0 aliphatic rings. The molecule has 8 N–H and O–H groups in total. The van der Waals surface area contributed by atoms with Gasteiger partial charge in [0.05, 0.1) is 19.7 Å². The third-order valence-electron chi connectivity index (χ3n) is 7.33. The summed E-state index contributed by atoms with van der Waals surface area (Å²) in [6.45, 7) is 2.42. The summed E-state index contributed by atoms with van der Waals surface area (Å²) in [5, 5.41) is 23.8. The van der Waals surface area contributed by atoms with E-state index in [0.29, 0.717) is 50.9 Å². The van der Waals surface area contributed by atoms with Crippen LogP contribution in [0.15, 0.2) is 54.6 Å². The van der Waals surface area contributed by atoms with E-state index in [1.807, 2.05) is 43.5 Å². The van der Waals surface area contributed by atoms with Gasteiger partial charge in [0.25, 0.3) is 0 Å². The lowest BCUT2D eigenvalue weighted by Crippen LogP contribution is -2.55. The molecule has 0 bridgehead atoms. The van der Waals surface area contributed by atoms with Crippen LogP contribution in [0.25, 0.3) is 0 Å². The second-order valence-electron chi connectivity index (χ2n) is 11.0. The van der Waals surface area contributed by atoms with Gasteiger partial charge in [-0.05, 0) is 67.5 Å². The van der Waals surface area contributed by atoms with Crippen molar-refractivity contribution in [2.24, 2.45) is 0 Å². The number of ether oxygens (including phenoxy) is 1. The van der Waals surface area contributed by atoms with E-state index in [-0.39, 0.29) is 54.4 Å². The molecule has 13 nitrogen and oxygen atoms in total. The van der Waals surface area contributed by atoms with Crippen molar-refractivity contribution in [3.05, 3.63) is 65.7 Å². The summed E-state index contributed by atoms with van der Waals surface area (Å²) in [5.74, 6) is -1.28. The van der Waals surface area contributed by atoms with Gasteiger partial charge in [-0.2, -0.15) is 11.8 Å². The molecular formula is C34H52ClN5O8S. The monoisotopic (exact) mass is 725 g/mol.